The zero-order chi connectivity index (χ0) is 18.4. The first-order chi connectivity index (χ1) is 11.6. The summed E-state index contributed by atoms with van der Waals surface area (Å²) in [5.41, 5.74) is 3.12. The van der Waals surface area contributed by atoms with Crippen LogP contribution in [0.25, 0.3) is 0 Å². The van der Waals surface area contributed by atoms with Gasteiger partial charge in [-0.15, -0.1) is 0 Å². The average molecular weight is 362 g/mol. The molecule has 0 aliphatic carbocycles. The van der Waals surface area contributed by atoms with Gasteiger partial charge in [0.05, 0.1) is 18.5 Å². The summed E-state index contributed by atoms with van der Waals surface area (Å²) in [7, 11) is -3.28. The number of benzene rings is 1. The Morgan fingerprint density at radius 1 is 1.20 bits per heavy atom. The highest BCUT2D eigenvalue weighted by Gasteiger charge is 2.30. The molecule has 25 heavy (non-hydrogen) atoms. The number of fused-ring (bicyclic) bond motifs is 1. The van der Waals surface area contributed by atoms with E-state index in [0.717, 1.165) is 5.56 Å². The molecule has 0 bridgehead atoms. The number of sulfonamides is 1. The number of H-pyrrole nitrogens is 1. The average Bonchev–Trinajstić information content (AvgIpc) is 3.08. The maximum absolute atomic E-state index is 12.5. The molecular formula is C17H22N4O3S. The van der Waals surface area contributed by atoms with Crippen LogP contribution in [-0.4, -0.2) is 35.1 Å². The molecule has 0 atom stereocenters. The molecule has 0 saturated carbocycles. The number of nitrogens with zero attached hydrogens (tertiary/aromatic N) is 2. The minimum atomic E-state index is -3.28. The largest absolute Gasteiger partial charge is 0.305 e. The van der Waals surface area contributed by atoms with Gasteiger partial charge in [-0.25, -0.2) is 8.42 Å². The summed E-state index contributed by atoms with van der Waals surface area (Å²) in [4.78, 5) is 12.5. The molecule has 7 nitrogen and oxygen atoms in total. The fourth-order valence-electron chi connectivity index (χ4n) is 2.75. The summed E-state index contributed by atoms with van der Waals surface area (Å²) >= 11 is 0. The summed E-state index contributed by atoms with van der Waals surface area (Å²) in [5, 5.41) is 9.67. The molecule has 134 valence electrons. The molecule has 1 aromatic heterocycles. The third-order valence-corrected chi connectivity index (χ3v) is 5.53. The van der Waals surface area contributed by atoms with Crippen molar-refractivity contribution in [3.63, 3.8) is 0 Å². The first-order valence-corrected chi connectivity index (χ1v) is 9.83. The molecular weight excluding hydrogens is 340 g/mol. The molecule has 2 heterocycles. The topological polar surface area (TPSA) is 95.2 Å². The van der Waals surface area contributed by atoms with E-state index < -0.39 is 10.0 Å². The van der Waals surface area contributed by atoms with Crippen LogP contribution >= 0.6 is 0 Å². The van der Waals surface area contributed by atoms with Crippen LogP contribution in [0.4, 0.5) is 5.82 Å². The second kappa shape index (κ2) is 5.96. The molecule has 0 saturated heterocycles. The Kier molecular flexibility index (Phi) is 4.20. The van der Waals surface area contributed by atoms with E-state index in [9.17, 15) is 13.2 Å². The van der Waals surface area contributed by atoms with Crippen LogP contribution in [0.1, 0.15) is 48.0 Å². The molecule has 1 aliphatic heterocycles. The Balaban J connectivity index is 1.76. The smallest absolute Gasteiger partial charge is 0.256 e. The molecule has 1 aliphatic rings. The molecule has 0 spiro atoms. The number of nitrogens with one attached hydrogen (secondary N) is 2. The Morgan fingerprint density at radius 3 is 2.40 bits per heavy atom. The lowest BCUT2D eigenvalue weighted by atomic mass is 9.87. The number of aromatic amines is 1. The summed E-state index contributed by atoms with van der Waals surface area (Å²) in [5.74, 6) is 0.110. The quantitative estimate of drug-likeness (QED) is 0.875. The Labute approximate surface area is 147 Å². The highest BCUT2D eigenvalue weighted by atomic mass is 32.2. The van der Waals surface area contributed by atoms with Gasteiger partial charge in [0.1, 0.15) is 0 Å². The van der Waals surface area contributed by atoms with Crippen molar-refractivity contribution in [2.45, 2.75) is 39.3 Å². The van der Waals surface area contributed by atoms with E-state index in [4.69, 9.17) is 0 Å². The van der Waals surface area contributed by atoms with Gasteiger partial charge in [0, 0.05) is 17.7 Å². The lowest BCUT2D eigenvalue weighted by Crippen LogP contribution is -2.24. The number of rotatable bonds is 3. The minimum absolute atomic E-state index is 0.0210. The van der Waals surface area contributed by atoms with Gasteiger partial charge in [-0.05, 0) is 23.1 Å². The maximum atomic E-state index is 12.5. The third kappa shape index (κ3) is 3.59. The number of aromatic nitrogens is 2. The number of hydrogen-bond donors (Lipinski definition) is 2. The summed E-state index contributed by atoms with van der Waals surface area (Å²) < 4.78 is 24.7. The van der Waals surface area contributed by atoms with Gasteiger partial charge < -0.3 is 5.32 Å². The first kappa shape index (κ1) is 17.6. The van der Waals surface area contributed by atoms with Gasteiger partial charge in [0.15, 0.2) is 5.82 Å². The lowest BCUT2D eigenvalue weighted by molar-refractivity contribution is 0.102. The van der Waals surface area contributed by atoms with Crippen molar-refractivity contribution in [3.8, 4) is 0 Å². The van der Waals surface area contributed by atoms with Crippen LogP contribution in [-0.2, 0) is 28.5 Å². The van der Waals surface area contributed by atoms with Gasteiger partial charge in [-0.2, -0.15) is 9.40 Å². The van der Waals surface area contributed by atoms with Crippen molar-refractivity contribution in [2.24, 2.45) is 0 Å². The number of hydrogen-bond acceptors (Lipinski definition) is 4. The molecule has 0 radical (unpaired) electrons. The number of amides is 1. The van der Waals surface area contributed by atoms with Crippen molar-refractivity contribution < 1.29 is 13.2 Å². The van der Waals surface area contributed by atoms with Crippen LogP contribution in [0, 0.1) is 0 Å². The van der Waals surface area contributed by atoms with E-state index >= 15 is 0 Å². The van der Waals surface area contributed by atoms with Crippen molar-refractivity contribution in [2.75, 3.05) is 11.6 Å². The van der Waals surface area contributed by atoms with E-state index in [2.05, 4.69) is 36.3 Å². The van der Waals surface area contributed by atoms with Crippen LogP contribution in [0.15, 0.2) is 24.3 Å². The maximum Gasteiger partial charge on any atom is 0.256 e. The van der Waals surface area contributed by atoms with Crippen molar-refractivity contribution in [1.82, 2.24) is 14.5 Å². The van der Waals surface area contributed by atoms with E-state index in [0.29, 0.717) is 22.6 Å². The second-order valence-electron chi connectivity index (χ2n) is 7.34. The van der Waals surface area contributed by atoms with Crippen LogP contribution in [0.3, 0.4) is 0 Å². The van der Waals surface area contributed by atoms with E-state index in [1.807, 2.05) is 12.1 Å². The fraction of sp³-hybridized carbons (Fsp3) is 0.412. The molecule has 3 rings (SSSR count). The Bertz CT molecular complexity index is 908. The zero-order valence-electron chi connectivity index (χ0n) is 14.8. The monoisotopic (exact) mass is 362 g/mol. The molecule has 1 amide bonds. The summed E-state index contributed by atoms with van der Waals surface area (Å²) in [6.45, 7) is 6.80. The van der Waals surface area contributed by atoms with E-state index in [1.54, 1.807) is 12.1 Å². The Hall–Kier alpha value is -2.19. The normalized spacial score (nSPS) is 15.2. The van der Waals surface area contributed by atoms with Crippen molar-refractivity contribution in [3.05, 3.63) is 46.6 Å². The molecule has 0 unspecified atom stereocenters. The Morgan fingerprint density at radius 2 is 1.84 bits per heavy atom. The highest BCUT2D eigenvalue weighted by Crippen LogP contribution is 2.29. The van der Waals surface area contributed by atoms with Gasteiger partial charge in [-0.1, -0.05) is 32.9 Å². The summed E-state index contributed by atoms with van der Waals surface area (Å²) in [6.07, 6.45) is 1.17. The number of carbonyl (C=O) groups is 1. The van der Waals surface area contributed by atoms with E-state index in [-0.39, 0.29) is 24.4 Å². The number of anilines is 1. The van der Waals surface area contributed by atoms with Crippen molar-refractivity contribution >= 4 is 21.7 Å². The molecule has 2 aromatic rings. The third-order valence-electron chi connectivity index (χ3n) is 4.34. The molecule has 0 fully saturated rings. The zero-order valence-corrected chi connectivity index (χ0v) is 15.6. The predicted molar refractivity (Wildman–Crippen MR) is 95.8 cm³/mol. The minimum Gasteiger partial charge on any atom is -0.305 e. The highest BCUT2D eigenvalue weighted by molar-refractivity contribution is 7.88. The van der Waals surface area contributed by atoms with Crippen LogP contribution < -0.4 is 5.32 Å². The van der Waals surface area contributed by atoms with Gasteiger partial charge in [0.25, 0.3) is 5.91 Å². The predicted octanol–water partition coefficient (Wildman–Crippen LogP) is 2.23. The lowest BCUT2D eigenvalue weighted by Gasteiger charge is -2.19. The summed E-state index contributed by atoms with van der Waals surface area (Å²) in [6, 6.07) is 7.45. The van der Waals surface area contributed by atoms with Crippen molar-refractivity contribution in [1.29, 1.82) is 0 Å². The van der Waals surface area contributed by atoms with Crippen LogP contribution in [0.2, 0.25) is 0 Å². The first-order valence-electron chi connectivity index (χ1n) is 7.99. The molecule has 1 aromatic carbocycles. The second-order valence-corrected chi connectivity index (χ2v) is 9.32. The number of carbonyl (C=O) groups excluding carboxylic acids is 1. The van der Waals surface area contributed by atoms with Gasteiger partial charge in [0.2, 0.25) is 10.0 Å². The molecule has 8 heteroatoms. The van der Waals surface area contributed by atoms with Crippen LogP contribution in [0.5, 0.6) is 0 Å². The van der Waals surface area contributed by atoms with Gasteiger partial charge >= 0.3 is 0 Å². The SMILES string of the molecule is CC(C)(C)c1ccc(C(=O)Nc2n[nH]c3c2CN(S(C)(=O)=O)C3)cc1. The molecule has 2 N–H and O–H groups in total. The van der Waals surface area contributed by atoms with Gasteiger partial charge in [-0.3, -0.25) is 9.89 Å². The van der Waals surface area contributed by atoms with E-state index in [1.165, 1.54) is 10.6 Å². The standard InChI is InChI=1S/C17H22N4O3S/c1-17(2,3)12-7-5-11(6-8-12)16(22)18-15-13-9-21(25(4,23)24)10-14(13)19-20-15/h5-8H,9-10H2,1-4H3,(H2,18,19,20,22). The fourth-order valence-corrected chi connectivity index (χ4v) is 3.48.